The summed E-state index contributed by atoms with van der Waals surface area (Å²) in [4.78, 5) is 28.7. The molecule has 0 N–H and O–H groups in total. The summed E-state index contributed by atoms with van der Waals surface area (Å²) in [5.41, 5.74) is 1.22. The Hall–Kier alpha value is -3.56. The standard InChI is InChI=1S/C25H20BrClN4O4/c1-2-5-24-29-22-10-8-18(26)13-20(22)25(32)30(24)28-14-17-12-19(31(33)34)9-11-23(17)35-15-16-6-3-4-7-21(16)27/h3-4,6-14H,2,5,15H2,1H3. The van der Waals surface area contributed by atoms with Crippen LogP contribution in [0.1, 0.15) is 30.3 Å². The Morgan fingerprint density at radius 2 is 2.00 bits per heavy atom. The summed E-state index contributed by atoms with van der Waals surface area (Å²) in [6, 6.07) is 16.7. The Labute approximate surface area is 214 Å². The summed E-state index contributed by atoms with van der Waals surface area (Å²) in [5, 5.41) is 16.7. The number of nitrogens with zero attached hydrogens (tertiary/aromatic N) is 4. The van der Waals surface area contributed by atoms with Crippen LogP contribution in [-0.2, 0) is 13.0 Å². The molecule has 0 aliphatic rings. The Morgan fingerprint density at radius 3 is 2.74 bits per heavy atom. The van der Waals surface area contributed by atoms with E-state index in [1.54, 1.807) is 18.2 Å². The van der Waals surface area contributed by atoms with Crippen LogP contribution in [0, 0.1) is 10.1 Å². The van der Waals surface area contributed by atoms with Crippen LogP contribution in [0.25, 0.3) is 10.9 Å². The van der Waals surface area contributed by atoms with Crippen molar-refractivity contribution in [3.8, 4) is 5.75 Å². The molecule has 0 atom stereocenters. The number of ether oxygens (including phenoxy) is 1. The minimum absolute atomic E-state index is 0.127. The second kappa shape index (κ2) is 10.8. The summed E-state index contributed by atoms with van der Waals surface area (Å²) >= 11 is 9.60. The number of nitro groups is 1. The molecular weight excluding hydrogens is 536 g/mol. The van der Waals surface area contributed by atoms with Gasteiger partial charge < -0.3 is 4.74 Å². The van der Waals surface area contributed by atoms with Crippen LogP contribution in [-0.4, -0.2) is 20.8 Å². The Bertz CT molecular complexity index is 1500. The highest BCUT2D eigenvalue weighted by molar-refractivity contribution is 9.10. The highest BCUT2D eigenvalue weighted by Gasteiger charge is 2.14. The van der Waals surface area contributed by atoms with Crippen molar-refractivity contribution >= 4 is 50.3 Å². The first-order valence-corrected chi connectivity index (χ1v) is 11.9. The number of aromatic nitrogens is 2. The van der Waals surface area contributed by atoms with Gasteiger partial charge in [-0.05, 0) is 36.8 Å². The maximum absolute atomic E-state index is 13.2. The van der Waals surface area contributed by atoms with Gasteiger partial charge in [0.25, 0.3) is 11.2 Å². The van der Waals surface area contributed by atoms with E-state index in [9.17, 15) is 14.9 Å². The van der Waals surface area contributed by atoms with Gasteiger partial charge in [-0.2, -0.15) is 9.78 Å². The monoisotopic (exact) mass is 554 g/mol. The number of halogens is 2. The molecule has 4 rings (SSSR count). The van der Waals surface area contributed by atoms with Crippen molar-refractivity contribution in [2.45, 2.75) is 26.4 Å². The smallest absolute Gasteiger partial charge is 0.282 e. The third-order valence-electron chi connectivity index (χ3n) is 5.21. The van der Waals surface area contributed by atoms with E-state index in [0.29, 0.717) is 39.5 Å². The molecular formula is C25H20BrClN4O4. The molecule has 1 aromatic heterocycles. The highest BCUT2D eigenvalue weighted by atomic mass is 79.9. The normalized spacial score (nSPS) is 11.3. The molecule has 10 heteroatoms. The molecule has 0 unspecified atom stereocenters. The van der Waals surface area contributed by atoms with Crippen LogP contribution < -0.4 is 10.3 Å². The van der Waals surface area contributed by atoms with E-state index in [2.05, 4.69) is 26.0 Å². The third-order valence-corrected chi connectivity index (χ3v) is 6.07. The quantitative estimate of drug-likeness (QED) is 0.148. The molecule has 0 aliphatic carbocycles. The summed E-state index contributed by atoms with van der Waals surface area (Å²) in [6.07, 6.45) is 2.66. The number of nitro benzene ring substituents is 1. The van der Waals surface area contributed by atoms with Gasteiger partial charge in [-0.3, -0.25) is 14.9 Å². The van der Waals surface area contributed by atoms with Gasteiger partial charge in [-0.15, -0.1) is 0 Å². The van der Waals surface area contributed by atoms with Gasteiger partial charge in [0.05, 0.1) is 22.0 Å². The molecule has 178 valence electrons. The summed E-state index contributed by atoms with van der Waals surface area (Å²) in [6.45, 7) is 2.14. The molecule has 0 bridgehead atoms. The highest BCUT2D eigenvalue weighted by Crippen LogP contribution is 2.25. The average molecular weight is 556 g/mol. The van der Waals surface area contributed by atoms with Crippen molar-refractivity contribution in [2.75, 3.05) is 0 Å². The molecule has 4 aromatic rings. The average Bonchev–Trinajstić information content (AvgIpc) is 2.84. The van der Waals surface area contributed by atoms with E-state index < -0.39 is 4.92 Å². The van der Waals surface area contributed by atoms with E-state index in [0.717, 1.165) is 16.5 Å². The van der Waals surface area contributed by atoms with Crippen LogP contribution in [0.4, 0.5) is 5.69 Å². The molecule has 0 fully saturated rings. The molecule has 0 spiro atoms. The minimum atomic E-state index is -0.501. The summed E-state index contributed by atoms with van der Waals surface area (Å²) < 4.78 is 7.89. The van der Waals surface area contributed by atoms with Gasteiger partial charge in [0.2, 0.25) is 0 Å². The minimum Gasteiger partial charge on any atom is -0.488 e. The van der Waals surface area contributed by atoms with Crippen LogP contribution in [0.5, 0.6) is 5.75 Å². The van der Waals surface area contributed by atoms with E-state index in [1.807, 2.05) is 31.2 Å². The lowest BCUT2D eigenvalue weighted by Gasteiger charge is -2.11. The van der Waals surface area contributed by atoms with Crippen LogP contribution >= 0.6 is 27.5 Å². The van der Waals surface area contributed by atoms with Gasteiger partial charge in [0, 0.05) is 39.2 Å². The predicted octanol–water partition coefficient (Wildman–Crippen LogP) is 6.13. The van der Waals surface area contributed by atoms with Crippen molar-refractivity contribution < 1.29 is 9.66 Å². The number of benzene rings is 3. The van der Waals surface area contributed by atoms with Crippen molar-refractivity contribution in [1.29, 1.82) is 0 Å². The number of hydrogen-bond acceptors (Lipinski definition) is 6. The van der Waals surface area contributed by atoms with E-state index >= 15 is 0 Å². The van der Waals surface area contributed by atoms with Crippen LogP contribution in [0.2, 0.25) is 5.02 Å². The van der Waals surface area contributed by atoms with Gasteiger partial charge in [-0.1, -0.05) is 52.7 Å². The first-order valence-electron chi connectivity index (χ1n) is 10.8. The number of fused-ring (bicyclic) bond motifs is 1. The summed E-state index contributed by atoms with van der Waals surface area (Å²) in [5.74, 6) is 0.855. The van der Waals surface area contributed by atoms with Crippen molar-refractivity contribution in [1.82, 2.24) is 9.66 Å². The molecule has 0 saturated carbocycles. The molecule has 0 saturated heterocycles. The van der Waals surface area contributed by atoms with Gasteiger partial charge in [-0.25, -0.2) is 4.98 Å². The lowest BCUT2D eigenvalue weighted by Crippen LogP contribution is -2.22. The van der Waals surface area contributed by atoms with Gasteiger partial charge in [0.1, 0.15) is 18.2 Å². The Morgan fingerprint density at radius 1 is 1.20 bits per heavy atom. The predicted molar refractivity (Wildman–Crippen MR) is 140 cm³/mol. The zero-order chi connectivity index (χ0) is 24.9. The first kappa shape index (κ1) is 24.6. The first-order chi connectivity index (χ1) is 16.9. The molecule has 0 aliphatic heterocycles. The lowest BCUT2D eigenvalue weighted by molar-refractivity contribution is -0.384. The maximum Gasteiger partial charge on any atom is 0.282 e. The molecule has 35 heavy (non-hydrogen) atoms. The Kier molecular flexibility index (Phi) is 7.57. The molecule has 3 aromatic carbocycles. The Balaban J connectivity index is 1.77. The molecule has 0 amide bonds. The van der Waals surface area contributed by atoms with E-state index in [4.69, 9.17) is 16.3 Å². The fourth-order valence-corrected chi connectivity index (χ4v) is 4.02. The zero-order valence-electron chi connectivity index (χ0n) is 18.6. The largest absolute Gasteiger partial charge is 0.488 e. The number of non-ortho nitro benzene ring substituents is 1. The number of hydrogen-bond donors (Lipinski definition) is 0. The zero-order valence-corrected chi connectivity index (χ0v) is 21.0. The number of rotatable bonds is 8. The van der Waals surface area contributed by atoms with E-state index in [-0.39, 0.29) is 17.9 Å². The van der Waals surface area contributed by atoms with Crippen molar-refractivity contribution in [2.24, 2.45) is 5.10 Å². The van der Waals surface area contributed by atoms with Crippen molar-refractivity contribution in [3.63, 3.8) is 0 Å². The SMILES string of the molecule is CCCc1nc2ccc(Br)cc2c(=O)n1N=Cc1cc([N+](=O)[O-])ccc1OCc1ccccc1Cl. The lowest BCUT2D eigenvalue weighted by atomic mass is 10.2. The fourth-order valence-electron chi connectivity index (χ4n) is 3.47. The maximum atomic E-state index is 13.2. The van der Waals surface area contributed by atoms with Crippen molar-refractivity contribution in [3.05, 3.63) is 108 Å². The van der Waals surface area contributed by atoms with Gasteiger partial charge in [0.15, 0.2) is 0 Å². The van der Waals surface area contributed by atoms with E-state index in [1.165, 1.54) is 29.1 Å². The topological polar surface area (TPSA) is 99.6 Å². The fraction of sp³-hybridized carbons (Fsp3) is 0.160. The molecule has 0 radical (unpaired) electrons. The molecule has 1 heterocycles. The summed E-state index contributed by atoms with van der Waals surface area (Å²) in [7, 11) is 0. The number of aryl methyl sites for hydroxylation is 1. The second-order valence-electron chi connectivity index (χ2n) is 7.66. The van der Waals surface area contributed by atoms with Crippen LogP contribution in [0.3, 0.4) is 0 Å². The molecule has 8 nitrogen and oxygen atoms in total. The third kappa shape index (κ3) is 5.58. The van der Waals surface area contributed by atoms with Gasteiger partial charge >= 0.3 is 0 Å². The second-order valence-corrected chi connectivity index (χ2v) is 8.98. The van der Waals surface area contributed by atoms with Crippen LogP contribution in [0.15, 0.2) is 75.0 Å².